The van der Waals surface area contributed by atoms with Crippen LogP contribution in [0.1, 0.15) is 10.4 Å². The molecular weight excluding hydrogens is 218 g/mol. The molecule has 2 aromatic rings. The maximum absolute atomic E-state index is 11.1. The topological polar surface area (TPSA) is 67.2 Å². The van der Waals surface area contributed by atoms with Crippen molar-refractivity contribution in [1.29, 1.82) is 0 Å². The van der Waals surface area contributed by atoms with Crippen LogP contribution in [0, 0.1) is 0 Å². The van der Waals surface area contributed by atoms with Crippen LogP contribution in [-0.4, -0.2) is 20.9 Å². The van der Waals surface area contributed by atoms with Crippen LogP contribution in [0.15, 0.2) is 36.7 Å². The zero-order valence-corrected chi connectivity index (χ0v) is 8.79. The van der Waals surface area contributed by atoms with Crippen molar-refractivity contribution >= 4 is 17.9 Å². The van der Waals surface area contributed by atoms with Crippen molar-refractivity contribution in [3.05, 3.63) is 42.2 Å². The van der Waals surface area contributed by atoms with E-state index in [0.29, 0.717) is 5.69 Å². The number of aromatic nitrogens is 2. The molecule has 3 rings (SSSR count). The highest BCUT2D eigenvalue weighted by molar-refractivity contribution is 5.99. The molecule has 0 radical (unpaired) electrons. The minimum Gasteiger partial charge on any atom is -0.478 e. The van der Waals surface area contributed by atoms with Gasteiger partial charge < -0.3 is 10.4 Å². The number of para-hydroxylation sites is 1. The first-order valence-electron chi connectivity index (χ1n) is 5.11. The van der Waals surface area contributed by atoms with Crippen molar-refractivity contribution < 1.29 is 9.90 Å². The molecule has 0 aliphatic carbocycles. The summed E-state index contributed by atoms with van der Waals surface area (Å²) in [6.45, 7) is 0. The molecule has 17 heavy (non-hydrogen) atoms. The second-order valence-corrected chi connectivity index (χ2v) is 3.65. The van der Waals surface area contributed by atoms with E-state index in [1.807, 2.05) is 12.1 Å². The average Bonchev–Trinajstić information content (AvgIpc) is 2.70. The first-order valence-corrected chi connectivity index (χ1v) is 5.11. The number of aromatic carboxylic acids is 1. The molecule has 0 amide bonds. The summed E-state index contributed by atoms with van der Waals surface area (Å²) in [5, 5.41) is 16.3. The van der Waals surface area contributed by atoms with Crippen LogP contribution in [0.3, 0.4) is 0 Å². The predicted molar refractivity (Wildman–Crippen MR) is 63.6 cm³/mol. The van der Waals surface area contributed by atoms with Gasteiger partial charge in [-0.15, -0.1) is 0 Å². The molecule has 84 valence electrons. The van der Waals surface area contributed by atoms with Gasteiger partial charge >= 0.3 is 5.97 Å². The van der Waals surface area contributed by atoms with Gasteiger partial charge in [0.25, 0.3) is 0 Å². The van der Waals surface area contributed by atoms with Crippen LogP contribution in [0.25, 0.3) is 17.5 Å². The number of rotatable bonds is 1. The lowest BCUT2D eigenvalue weighted by atomic mass is 10.0. The Morgan fingerprint density at radius 1 is 1.35 bits per heavy atom. The maximum atomic E-state index is 11.1. The Balaban J connectivity index is 2.32. The fraction of sp³-hybridized carbons (Fsp3) is 0. The number of carboxylic acid groups (broad SMARTS) is 1. The van der Waals surface area contributed by atoms with Crippen molar-refractivity contribution in [2.75, 3.05) is 5.32 Å². The molecule has 1 aliphatic rings. The van der Waals surface area contributed by atoms with Gasteiger partial charge in [-0.2, -0.15) is 5.10 Å². The molecule has 1 aromatic heterocycles. The third-order valence-electron chi connectivity index (χ3n) is 2.68. The van der Waals surface area contributed by atoms with Gasteiger partial charge in [0.05, 0.1) is 23.1 Å². The third kappa shape index (κ3) is 1.40. The van der Waals surface area contributed by atoms with E-state index in [9.17, 15) is 4.79 Å². The van der Waals surface area contributed by atoms with E-state index >= 15 is 0 Å². The third-order valence-corrected chi connectivity index (χ3v) is 2.68. The van der Waals surface area contributed by atoms with Gasteiger partial charge in [0, 0.05) is 18.0 Å². The highest BCUT2D eigenvalue weighted by atomic mass is 16.4. The lowest BCUT2D eigenvalue weighted by Gasteiger charge is -2.09. The SMILES string of the molecule is O=C(O)c1cccc2c1NC=Cn1nccc1-2. The van der Waals surface area contributed by atoms with Gasteiger partial charge in [0.1, 0.15) is 0 Å². The summed E-state index contributed by atoms with van der Waals surface area (Å²) in [5.74, 6) is -0.948. The zero-order chi connectivity index (χ0) is 11.8. The van der Waals surface area contributed by atoms with E-state index in [0.717, 1.165) is 11.3 Å². The molecule has 5 nitrogen and oxygen atoms in total. The molecule has 0 fully saturated rings. The highest BCUT2D eigenvalue weighted by Gasteiger charge is 2.17. The quantitative estimate of drug-likeness (QED) is 0.782. The van der Waals surface area contributed by atoms with E-state index in [1.54, 1.807) is 35.4 Å². The molecule has 0 unspecified atom stereocenters. The summed E-state index contributed by atoms with van der Waals surface area (Å²) in [5.41, 5.74) is 2.54. The fourth-order valence-electron chi connectivity index (χ4n) is 1.94. The number of carboxylic acids is 1. The van der Waals surface area contributed by atoms with Gasteiger partial charge in [0.2, 0.25) is 0 Å². The zero-order valence-electron chi connectivity index (χ0n) is 8.79. The maximum Gasteiger partial charge on any atom is 0.337 e. The summed E-state index contributed by atoms with van der Waals surface area (Å²) in [4.78, 5) is 11.1. The standard InChI is InChI=1S/C12H9N3O2/c16-12(17)9-3-1-2-8-10-4-5-14-15(10)7-6-13-11(8)9/h1-7,13H,(H,16,17). The second-order valence-electron chi connectivity index (χ2n) is 3.65. The predicted octanol–water partition coefficient (Wildman–Crippen LogP) is 2.10. The van der Waals surface area contributed by atoms with Gasteiger partial charge in [-0.05, 0) is 12.1 Å². The first-order chi connectivity index (χ1) is 8.27. The van der Waals surface area contributed by atoms with Crippen molar-refractivity contribution in [3.8, 4) is 11.3 Å². The Hall–Kier alpha value is -2.56. The second kappa shape index (κ2) is 3.48. The number of fused-ring (bicyclic) bond motifs is 3. The first kappa shape index (κ1) is 9.65. The Morgan fingerprint density at radius 3 is 3.06 bits per heavy atom. The monoisotopic (exact) mass is 227 g/mol. The number of carbonyl (C=O) groups is 1. The van der Waals surface area contributed by atoms with Crippen LogP contribution < -0.4 is 5.32 Å². The summed E-state index contributed by atoms with van der Waals surface area (Å²) in [6.07, 6.45) is 5.11. The number of anilines is 1. The number of benzene rings is 1. The molecule has 2 N–H and O–H groups in total. The van der Waals surface area contributed by atoms with Crippen molar-refractivity contribution in [2.45, 2.75) is 0 Å². The number of hydrogen-bond donors (Lipinski definition) is 2. The Morgan fingerprint density at radius 2 is 2.24 bits per heavy atom. The Bertz CT molecular complexity index is 628. The van der Waals surface area contributed by atoms with Crippen LogP contribution in [-0.2, 0) is 0 Å². The number of hydrogen-bond acceptors (Lipinski definition) is 3. The summed E-state index contributed by atoms with van der Waals surface area (Å²) >= 11 is 0. The van der Waals surface area contributed by atoms with E-state index < -0.39 is 5.97 Å². The van der Waals surface area contributed by atoms with Crippen LogP contribution in [0.4, 0.5) is 5.69 Å². The Labute approximate surface area is 97.0 Å². The molecule has 5 heteroatoms. The van der Waals surface area contributed by atoms with E-state index in [4.69, 9.17) is 5.11 Å². The number of nitrogens with zero attached hydrogens (tertiary/aromatic N) is 2. The molecule has 0 saturated heterocycles. The van der Waals surface area contributed by atoms with Crippen LogP contribution in [0.5, 0.6) is 0 Å². The van der Waals surface area contributed by atoms with Crippen molar-refractivity contribution in [3.63, 3.8) is 0 Å². The molecule has 1 aliphatic heterocycles. The van der Waals surface area contributed by atoms with E-state index in [1.165, 1.54) is 0 Å². The minimum atomic E-state index is -0.948. The summed E-state index contributed by atoms with van der Waals surface area (Å²) < 4.78 is 1.70. The molecule has 0 bridgehead atoms. The van der Waals surface area contributed by atoms with Gasteiger partial charge in [-0.1, -0.05) is 12.1 Å². The molecule has 2 heterocycles. The fourth-order valence-corrected chi connectivity index (χ4v) is 1.94. The van der Waals surface area contributed by atoms with E-state index in [2.05, 4.69) is 10.4 Å². The number of nitrogens with one attached hydrogen (secondary N) is 1. The lowest BCUT2D eigenvalue weighted by Crippen LogP contribution is -2.02. The largest absolute Gasteiger partial charge is 0.478 e. The van der Waals surface area contributed by atoms with Gasteiger partial charge in [-0.25, -0.2) is 9.48 Å². The average molecular weight is 227 g/mol. The summed E-state index contributed by atoms with van der Waals surface area (Å²) in [7, 11) is 0. The smallest absolute Gasteiger partial charge is 0.337 e. The van der Waals surface area contributed by atoms with Crippen molar-refractivity contribution in [1.82, 2.24) is 9.78 Å². The van der Waals surface area contributed by atoms with Crippen LogP contribution >= 0.6 is 0 Å². The molecule has 0 saturated carbocycles. The highest BCUT2D eigenvalue weighted by Crippen LogP contribution is 2.32. The van der Waals surface area contributed by atoms with Gasteiger partial charge in [0.15, 0.2) is 0 Å². The van der Waals surface area contributed by atoms with Crippen molar-refractivity contribution in [2.24, 2.45) is 0 Å². The Kier molecular flexibility index (Phi) is 1.98. The molecular formula is C12H9N3O2. The normalized spacial score (nSPS) is 12.2. The minimum absolute atomic E-state index is 0.252. The van der Waals surface area contributed by atoms with Gasteiger partial charge in [-0.3, -0.25) is 0 Å². The molecule has 0 spiro atoms. The molecule has 1 aromatic carbocycles. The summed E-state index contributed by atoms with van der Waals surface area (Å²) in [6, 6.07) is 7.03. The molecule has 0 atom stereocenters. The van der Waals surface area contributed by atoms with Crippen LogP contribution in [0.2, 0.25) is 0 Å². The lowest BCUT2D eigenvalue weighted by molar-refractivity contribution is 0.0698. The van der Waals surface area contributed by atoms with E-state index in [-0.39, 0.29) is 5.56 Å².